The van der Waals surface area contributed by atoms with E-state index < -0.39 is 12.6 Å². The van der Waals surface area contributed by atoms with Crippen LogP contribution >= 0.6 is 27.5 Å². The maximum Gasteiger partial charge on any atom is 0.341 e. The van der Waals surface area contributed by atoms with Crippen LogP contribution in [0.2, 0.25) is 5.02 Å². The van der Waals surface area contributed by atoms with E-state index in [0.717, 1.165) is 12.0 Å². The third-order valence-electron chi connectivity index (χ3n) is 1.81. The van der Waals surface area contributed by atoms with Crippen LogP contribution in [-0.2, 0) is 11.2 Å². The number of halogens is 2. The molecule has 0 saturated heterocycles. The molecule has 15 heavy (non-hydrogen) atoms. The fourth-order valence-electron chi connectivity index (χ4n) is 1.09. The molecular formula is C10H10BrClO3. The average molecular weight is 294 g/mol. The number of ether oxygens (including phenoxy) is 1. The molecule has 0 fully saturated rings. The molecule has 0 saturated carbocycles. The van der Waals surface area contributed by atoms with E-state index in [1.165, 1.54) is 0 Å². The van der Waals surface area contributed by atoms with E-state index in [1.807, 2.05) is 13.0 Å². The molecule has 0 heterocycles. The number of hydrogen-bond acceptors (Lipinski definition) is 2. The van der Waals surface area contributed by atoms with E-state index in [-0.39, 0.29) is 0 Å². The maximum absolute atomic E-state index is 10.3. The number of aliphatic carboxylic acids is 1. The lowest BCUT2D eigenvalue weighted by Crippen LogP contribution is -2.10. The second kappa shape index (κ2) is 5.37. The Kier molecular flexibility index (Phi) is 4.42. The van der Waals surface area contributed by atoms with Gasteiger partial charge in [-0.1, -0.05) is 18.5 Å². The van der Waals surface area contributed by atoms with E-state index in [2.05, 4.69) is 15.9 Å². The number of carboxylic acid groups (broad SMARTS) is 1. The fraction of sp³-hybridized carbons (Fsp3) is 0.300. The summed E-state index contributed by atoms with van der Waals surface area (Å²) in [7, 11) is 0. The summed E-state index contributed by atoms with van der Waals surface area (Å²) in [6, 6.07) is 3.63. The van der Waals surface area contributed by atoms with Gasteiger partial charge in [0, 0.05) is 0 Å². The molecule has 0 aromatic heterocycles. The van der Waals surface area contributed by atoms with E-state index in [0.29, 0.717) is 15.2 Å². The normalized spacial score (nSPS) is 10.1. The molecule has 0 unspecified atom stereocenters. The molecule has 0 aliphatic heterocycles. The van der Waals surface area contributed by atoms with E-state index in [1.54, 1.807) is 6.07 Å². The van der Waals surface area contributed by atoms with Crippen LogP contribution in [0.4, 0.5) is 0 Å². The maximum atomic E-state index is 10.3. The molecular weight excluding hydrogens is 283 g/mol. The molecule has 5 heteroatoms. The molecule has 0 aliphatic carbocycles. The Morgan fingerprint density at radius 1 is 1.60 bits per heavy atom. The first-order valence-corrected chi connectivity index (χ1v) is 5.54. The second-order valence-corrected chi connectivity index (χ2v) is 4.19. The number of hydrogen-bond donors (Lipinski definition) is 1. The van der Waals surface area contributed by atoms with Gasteiger partial charge in [0.1, 0.15) is 0 Å². The smallest absolute Gasteiger partial charge is 0.341 e. The van der Waals surface area contributed by atoms with Gasteiger partial charge in [0.15, 0.2) is 12.4 Å². The monoisotopic (exact) mass is 292 g/mol. The average Bonchev–Trinajstić information content (AvgIpc) is 2.15. The van der Waals surface area contributed by atoms with Crippen LogP contribution in [0.25, 0.3) is 0 Å². The Hall–Kier alpha value is -0.740. The first-order chi connectivity index (χ1) is 7.04. The number of rotatable bonds is 4. The second-order valence-electron chi connectivity index (χ2n) is 2.92. The van der Waals surface area contributed by atoms with Crippen molar-refractivity contribution in [1.82, 2.24) is 0 Å². The molecule has 82 valence electrons. The first-order valence-electron chi connectivity index (χ1n) is 4.37. The lowest BCUT2D eigenvalue weighted by Gasteiger charge is -2.09. The molecule has 0 amide bonds. The van der Waals surface area contributed by atoms with Crippen molar-refractivity contribution in [2.45, 2.75) is 13.3 Å². The third-order valence-corrected chi connectivity index (χ3v) is 2.68. The molecule has 1 N–H and O–H groups in total. The molecule has 0 bridgehead atoms. The number of benzene rings is 1. The van der Waals surface area contributed by atoms with Crippen molar-refractivity contribution in [3.05, 3.63) is 27.2 Å². The Labute approximate surface area is 101 Å². The molecule has 0 spiro atoms. The highest BCUT2D eigenvalue weighted by atomic mass is 79.9. The van der Waals surface area contributed by atoms with Crippen LogP contribution < -0.4 is 4.74 Å². The van der Waals surface area contributed by atoms with Crippen molar-refractivity contribution in [3.63, 3.8) is 0 Å². The Bertz CT molecular complexity index is 356. The lowest BCUT2D eigenvalue weighted by atomic mass is 10.2. The van der Waals surface area contributed by atoms with Gasteiger partial charge >= 0.3 is 5.97 Å². The van der Waals surface area contributed by atoms with Crippen LogP contribution in [0, 0.1) is 0 Å². The summed E-state index contributed by atoms with van der Waals surface area (Å²) in [6.45, 7) is 1.61. The van der Waals surface area contributed by atoms with Gasteiger partial charge in [-0.25, -0.2) is 4.79 Å². The minimum absolute atomic E-state index is 0.372. The summed E-state index contributed by atoms with van der Waals surface area (Å²) in [5, 5.41) is 8.89. The first kappa shape index (κ1) is 12.3. The molecule has 0 atom stereocenters. The SMILES string of the molecule is CCc1cc(Cl)c(OCC(=O)O)c(Br)c1. The van der Waals surface area contributed by atoms with Crippen molar-refractivity contribution >= 4 is 33.5 Å². The highest BCUT2D eigenvalue weighted by Gasteiger charge is 2.10. The molecule has 1 aromatic rings. The van der Waals surface area contributed by atoms with Crippen molar-refractivity contribution < 1.29 is 14.6 Å². The molecule has 1 aromatic carbocycles. The van der Waals surface area contributed by atoms with Crippen LogP contribution in [0.1, 0.15) is 12.5 Å². The largest absolute Gasteiger partial charge is 0.479 e. The summed E-state index contributed by atoms with van der Waals surface area (Å²) < 4.78 is 5.72. The van der Waals surface area contributed by atoms with Gasteiger partial charge in [0.25, 0.3) is 0 Å². The summed E-state index contributed by atoms with van der Waals surface area (Å²) in [5.74, 6) is -0.659. The number of carbonyl (C=O) groups is 1. The number of carboxylic acids is 1. The van der Waals surface area contributed by atoms with Gasteiger partial charge < -0.3 is 9.84 Å². The van der Waals surface area contributed by atoms with Gasteiger partial charge in [-0.2, -0.15) is 0 Å². The van der Waals surface area contributed by atoms with Gasteiger partial charge in [0.2, 0.25) is 0 Å². The zero-order valence-corrected chi connectivity index (χ0v) is 10.4. The molecule has 1 rings (SSSR count). The quantitative estimate of drug-likeness (QED) is 0.928. The third kappa shape index (κ3) is 3.39. The van der Waals surface area contributed by atoms with E-state index >= 15 is 0 Å². The van der Waals surface area contributed by atoms with E-state index in [9.17, 15) is 4.79 Å². The molecule has 0 radical (unpaired) electrons. The van der Waals surface area contributed by atoms with Crippen LogP contribution in [0.15, 0.2) is 16.6 Å². The highest BCUT2D eigenvalue weighted by molar-refractivity contribution is 9.10. The van der Waals surface area contributed by atoms with Crippen LogP contribution in [-0.4, -0.2) is 17.7 Å². The van der Waals surface area contributed by atoms with E-state index in [4.69, 9.17) is 21.4 Å². The zero-order valence-electron chi connectivity index (χ0n) is 8.09. The zero-order chi connectivity index (χ0) is 11.4. The summed E-state index contributed by atoms with van der Waals surface area (Å²) in [5.41, 5.74) is 1.06. The van der Waals surface area contributed by atoms with Gasteiger partial charge in [0.05, 0.1) is 9.50 Å². The van der Waals surface area contributed by atoms with Gasteiger partial charge in [-0.3, -0.25) is 0 Å². The minimum Gasteiger partial charge on any atom is -0.479 e. The van der Waals surface area contributed by atoms with Crippen LogP contribution in [0.5, 0.6) is 5.75 Å². The van der Waals surface area contributed by atoms with Crippen LogP contribution in [0.3, 0.4) is 0 Å². The summed E-state index contributed by atoms with van der Waals surface area (Å²) in [4.78, 5) is 10.3. The summed E-state index contributed by atoms with van der Waals surface area (Å²) in [6.07, 6.45) is 0.859. The Morgan fingerprint density at radius 2 is 2.27 bits per heavy atom. The highest BCUT2D eigenvalue weighted by Crippen LogP contribution is 2.34. The van der Waals surface area contributed by atoms with Crippen molar-refractivity contribution in [2.24, 2.45) is 0 Å². The van der Waals surface area contributed by atoms with Crippen molar-refractivity contribution in [2.75, 3.05) is 6.61 Å². The number of aryl methyl sites for hydroxylation is 1. The van der Waals surface area contributed by atoms with Gasteiger partial charge in [-0.15, -0.1) is 0 Å². The van der Waals surface area contributed by atoms with Crippen molar-refractivity contribution in [3.8, 4) is 5.75 Å². The standard InChI is InChI=1S/C10H10BrClO3/c1-2-6-3-7(11)10(8(12)4-6)15-5-9(13)14/h3-4H,2,5H2,1H3,(H,13,14). The Morgan fingerprint density at radius 3 is 2.73 bits per heavy atom. The molecule has 0 aliphatic rings. The predicted octanol–water partition coefficient (Wildman–Crippen LogP) is 3.13. The summed E-state index contributed by atoms with van der Waals surface area (Å²) >= 11 is 9.24. The van der Waals surface area contributed by atoms with Crippen molar-refractivity contribution in [1.29, 1.82) is 0 Å². The predicted molar refractivity (Wildman–Crippen MR) is 61.7 cm³/mol. The fourth-order valence-corrected chi connectivity index (χ4v) is 2.12. The minimum atomic E-state index is -1.03. The van der Waals surface area contributed by atoms with Gasteiger partial charge in [-0.05, 0) is 40.0 Å². The Balaban J connectivity index is 2.92. The molecule has 3 nitrogen and oxygen atoms in total. The lowest BCUT2D eigenvalue weighted by molar-refractivity contribution is -0.139. The topological polar surface area (TPSA) is 46.5 Å².